The maximum atomic E-state index is 13.1. The molecule has 0 aliphatic heterocycles. The van der Waals surface area contributed by atoms with Gasteiger partial charge in [0, 0.05) is 22.8 Å². The lowest BCUT2D eigenvalue weighted by molar-refractivity contribution is 0.0981. The summed E-state index contributed by atoms with van der Waals surface area (Å²) in [7, 11) is 0. The molecular formula is C25H21ClN4O3. The van der Waals surface area contributed by atoms with Crippen molar-refractivity contribution < 1.29 is 13.9 Å². The number of Topliss-reactive ketones (excluding diaryl/α,β-unsaturated/α-hetero) is 1. The quantitative estimate of drug-likeness (QED) is 0.270. The van der Waals surface area contributed by atoms with Crippen LogP contribution in [0.25, 0.3) is 33.1 Å². The minimum Gasteiger partial charge on any atom is -0.484 e. The zero-order valence-electron chi connectivity index (χ0n) is 18.0. The smallest absolute Gasteiger partial charge is 0.211 e. The molecule has 0 fully saturated rings. The van der Waals surface area contributed by atoms with Gasteiger partial charge in [-0.1, -0.05) is 66.6 Å². The van der Waals surface area contributed by atoms with Gasteiger partial charge in [-0.05, 0) is 30.0 Å². The summed E-state index contributed by atoms with van der Waals surface area (Å²) in [6.45, 7) is 2.23. The Morgan fingerprint density at radius 3 is 2.82 bits per heavy atom. The molecule has 1 N–H and O–H groups in total. The lowest BCUT2D eigenvalue weighted by Gasteiger charge is -2.10. The third kappa shape index (κ3) is 4.07. The highest BCUT2D eigenvalue weighted by molar-refractivity contribution is 6.37. The summed E-state index contributed by atoms with van der Waals surface area (Å²) in [5.74, 6) is 1.65. The van der Waals surface area contributed by atoms with Gasteiger partial charge in [0.05, 0.1) is 10.6 Å². The number of H-pyrrole nitrogens is 1. The highest BCUT2D eigenvalue weighted by Crippen LogP contribution is 2.39. The number of furan rings is 1. The number of unbranched alkanes of at least 4 members (excludes halogenated alkanes) is 1. The summed E-state index contributed by atoms with van der Waals surface area (Å²) in [5, 5.41) is 16.7. The van der Waals surface area contributed by atoms with Crippen LogP contribution in [0.2, 0.25) is 5.02 Å². The monoisotopic (exact) mass is 460 g/mol. The van der Waals surface area contributed by atoms with Crippen molar-refractivity contribution in [2.45, 2.75) is 32.8 Å². The molecule has 3 aromatic carbocycles. The summed E-state index contributed by atoms with van der Waals surface area (Å²) in [6, 6.07) is 17.2. The van der Waals surface area contributed by atoms with Gasteiger partial charge in [-0.15, -0.1) is 10.2 Å². The van der Waals surface area contributed by atoms with Crippen LogP contribution in [0.5, 0.6) is 5.75 Å². The van der Waals surface area contributed by atoms with E-state index in [1.54, 1.807) is 6.07 Å². The molecule has 0 spiro atoms. The van der Waals surface area contributed by atoms with Crippen LogP contribution in [0.1, 0.15) is 42.4 Å². The number of aromatic amines is 1. The van der Waals surface area contributed by atoms with Gasteiger partial charge in [0.2, 0.25) is 5.82 Å². The molecule has 2 aromatic heterocycles. The van der Waals surface area contributed by atoms with E-state index >= 15 is 0 Å². The second-order valence-electron chi connectivity index (χ2n) is 7.76. The predicted octanol–water partition coefficient (Wildman–Crippen LogP) is 6.37. The largest absolute Gasteiger partial charge is 0.484 e. The SMILES string of the molecule is CCCCC(=O)c1c(-c2ccc3c(Cl)c(OCc4nn[nH]n4)ccc3c2)oc2ccccc12. The number of carbonyl (C=O) groups is 1. The molecule has 0 aliphatic rings. The molecule has 0 saturated heterocycles. The molecule has 0 bridgehead atoms. The van der Waals surface area contributed by atoms with Gasteiger partial charge >= 0.3 is 0 Å². The first-order chi connectivity index (χ1) is 16.2. The first-order valence-corrected chi connectivity index (χ1v) is 11.2. The highest BCUT2D eigenvalue weighted by atomic mass is 35.5. The third-order valence-corrected chi connectivity index (χ3v) is 5.95. The molecular weight excluding hydrogens is 440 g/mol. The average molecular weight is 461 g/mol. The van der Waals surface area contributed by atoms with Gasteiger partial charge in [0.1, 0.15) is 17.1 Å². The van der Waals surface area contributed by atoms with Crippen LogP contribution >= 0.6 is 11.6 Å². The maximum absolute atomic E-state index is 13.1. The molecule has 2 heterocycles. The molecule has 5 rings (SSSR count). The van der Waals surface area contributed by atoms with E-state index in [0.29, 0.717) is 39.9 Å². The number of ether oxygens (including phenoxy) is 1. The first kappa shape index (κ1) is 21.2. The van der Waals surface area contributed by atoms with Crippen LogP contribution < -0.4 is 4.74 Å². The number of nitrogens with one attached hydrogen (secondary N) is 1. The number of benzene rings is 3. The normalized spacial score (nSPS) is 11.3. The molecule has 166 valence electrons. The topological polar surface area (TPSA) is 93.9 Å². The van der Waals surface area contributed by atoms with Crippen molar-refractivity contribution in [3.63, 3.8) is 0 Å². The molecule has 0 atom stereocenters. The van der Waals surface area contributed by atoms with E-state index in [0.717, 1.165) is 34.6 Å². The Labute approximate surface area is 194 Å². The number of hydrogen-bond donors (Lipinski definition) is 1. The molecule has 8 heteroatoms. The van der Waals surface area contributed by atoms with Crippen molar-refractivity contribution >= 4 is 39.1 Å². The van der Waals surface area contributed by atoms with Crippen LogP contribution in [0, 0.1) is 0 Å². The number of ketones is 1. The predicted molar refractivity (Wildman–Crippen MR) is 127 cm³/mol. The summed E-state index contributed by atoms with van der Waals surface area (Å²) >= 11 is 6.62. The van der Waals surface area contributed by atoms with E-state index in [9.17, 15) is 4.79 Å². The summed E-state index contributed by atoms with van der Waals surface area (Å²) in [4.78, 5) is 13.1. The number of carbonyl (C=O) groups excluding carboxylic acids is 1. The van der Waals surface area contributed by atoms with Crippen LogP contribution in [0.3, 0.4) is 0 Å². The number of tetrazole rings is 1. The number of aromatic nitrogens is 4. The maximum Gasteiger partial charge on any atom is 0.211 e. The molecule has 0 saturated carbocycles. The number of rotatable bonds is 8. The van der Waals surface area contributed by atoms with Crippen LogP contribution in [0.4, 0.5) is 0 Å². The lowest BCUT2D eigenvalue weighted by atomic mass is 9.97. The summed E-state index contributed by atoms with van der Waals surface area (Å²) in [6.07, 6.45) is 2.30. The Balaban J connectivity index is 1.54. The molecule has 0 unspecified atom stereocenters. The van der Waals surface area contributed by atoms with E-state index in [1.165, 1.54) is 0 Å². The van der Waals surface area contributed by atoms with Crippen molar-refractivity contribution in [3.8, 4) is 17.1 Å². The van der Waals surface area contributed by atoms with E-state index in [2.05, 4.69) is 27.5 Å². The third-order valence-electron chi connectivity index (χ3n) is 5.56. The molecule has 33 heavy (non-hydrogen) atoms. The standard InChI is InChI=1S/C25H21ClN4O3/c1-2-3-7-19(31)23-18-6-4-5-8-20(18)33-25(23)16-9-11-17-15(13-16)10-12-21(24(17)26)32-14-22-27-29-30-28-22/h4-6,8-13H,2-3,7,14H2,1H3,(H,27,28,29,30). The lowest BCUT2D eigenvalue weighted by Crippen LogP contribution is -2.00. The zero-order chi connectivity index (χ0) is 22.8. The molecule has 0 amide bonds. The number of halogens is 1. The average Bonchev–Trinajstić information content (AvgIpc) is 3.50. The van der Waals surface area contributed by atoms with Crippen LogP contribution in [0.15, 0.2) is 59.0 Å². The van der Waals surface area contributed by atoms with Crippen molar-refractivity contribution in [1.29, 1.82) is 0 Å². The van der Waals surface area contributed by atoms with Crippen molar-refractivity contribution in [3.05, 3.63) is 71.0 Å². The number of para-hydroxylation sites is 1. The fourth-order valence-corrected chi connectivity index (χ4v) is 4.19. The fraction of sp³-hybridized carbons (Fsp3) is 0.200. The van der Waals surface area contributed by atoms with Gasteiger partial charge in [0.15, 0.2) is 12.4 Å². The first-order valence-electron chi connectivity index (χ1n) is 10.8. The summed E-state index contributed by atoms with van der Waals surface area (Å²) in [5.41, 5.74) is 2.18. The van der Waals surface area contributed by atoms with Crippen molar-refractivity contribution in [2.24, 2.45) is 0 Å². The van der Waals surface area contributed by atoms with Gasteiger partial charge in [0.25, 0.3) is 0 Å². The van der Waals surface area contributed by atoms with Gasteiger partial charge < -0.3 is 9.15 Å². The van der Waals surface area contributed by atoms with E-state index in [1.807, 2.05) is 48.5 Å². The number of hydrogen-bond acceptors (Lipinski definition) is 6. The van der Waals surface area contributed by atoms with Crippen LogP contribution in [-0.2, 0) is 6.61 Å². The van der Waals surface area contributed by atoms with Gasteiger partial charge in [-0.25, -0.2) is 0 Å². The summed E-state index contributed by atoms with van der Waals surface area (Å²) < 4.78 is 11.9. The molecule has 0 radical (unpaired) electrons. The Morgan fingerprint density at radius 1 is 1.12 bits per heavy atom. The molecule has 7 nitrogen and oxygen atoms in total. The van der Waals surface area contributed by atoms with Crippen molar-refractivity contribution in [1.82, 2.24) is 20.6 Å². The number of fused-ring (bicyclic) bond motifs is 2. The number of nitrogens with zero attached hydrogens (tertiary/aromatic N) is 3. The van der Waals surface area contributed by atoms with E-state index in [4.69, 9.17) is 20.8 Å². The zero-order valence-corrected chi connectivity index (χ0v) is 18.7. The van der Waals surface area contributed by atoms with Crippen LogP contribution in [-0.4, -0.2) is 26.4 Å². The Hall–Kier alpha value is -3.71. The van der Waals surface area contributed by atoms with E-state index in [-0.39, 0.29) is 12.4 Å². The highest BCUT2D eigenvalue weighted by Gasteiger charge is 2.22. The molecule has 0 aliphatic carbocycles. The minimum absolute atomic E-state index is 0.0974. The second-order valence-corrected chi connectivity index (χ2v) is 8.14. The molecule has 5 aromatic rings. The Bertz CT molecular complexity index is 1440. The van der Waals surface area contributed by atoms with Gasteiger partial charge in [-0.2, -0.15) is 5.21 Å². The van der Waals surface area contributed by atoms with Crippen molar-refractivity contribution in [2.75, 3.05) is 0 Å². The Morgan fingerprint density at radius 2 is 2.00 bits per heavy atom. The van der Waals surface area contributed by atoms with E-state index < -0.39 is 0 Å². The Kier molecular flexibility index (Phi) is 5.79. The second kappa shape index (κ2) is 9.03. The minimum atomic E-state index is 0.0974. The fourth-order valence-electron chi connectivity index (χ4n) is 3.90. The van der Waals surface area contributed by atoms with Gasteiger partial charge in [-0.3, -0.25) is 4.79 Å².